The van der Waals surface area contributed by atoms with Gasteiger partial charge in [-0.05, 0) is 24.3 Å². The van der Waals surface area contributed by atoms with Gasteiger partial charge < -0.3 is 5.32 Å². The van der Waals surface area contributed by atoms with Crippen molar-refractivity contribution in [1.82, 2.24) is 9.55 Å². The van der Waals surface area contributed by atoms with Crippen molar-refractivity contribution in [3.8, 4) is 0 Å². The number of nitrogens with zero attached hydrogens (tertiary/aromatic N) is 3. The Morgan fingerprint density at radius 1 is 1.19 bits per heavy atom. The van der Waals surface area contributed by atoms with Crippen molar-refractivity contribution in [2.75, 3.05) is 5.32 Å². The predicted octanol–water partition coefficient (Wildman–Crippen LogP) is 3.25. The first-order valence-electron chi connectivity index (χ1n) is 7.23. The number of halogens is 2. The van der Waals surface area contributed by atoms with Crippen LogP contribution in [0.1, 0.15) is 0 Å². The Morgan fingerprint density at radius 3 is 2.65 bits per heavy atom. The number of benzene rings is 2. The van der Waals surface area contributed by atoms with E-state index >= 15 is 0 Å². The summed E-state index contributed by atoms with van der Waals surface area (Å²) in [5.41, 5.74) is -0.0547. The standard InChI is InChI=1S/C16H10Cl2N4O4/c17-12-3-1-9(5-13(12)18)20-15(23)7-21-8-19-14-4-2-10(22(25)26)6-11(14)16(21)24/h1-6,8H,7H2,(H,20,23). The molecule has 1 heterocycles. The van der Waals surface area contributed by atoms with Crippen molar-refractivity contribution >= 4 is 51.4 Å². The molecule has 0 radical (unpaired) electrons. The van der Waals surface area contributed by atoms with Crippen LogP contribution >= 0.6 is 23.2 Å². The lowest BCUT2D eigenvalue weighted by atomic mass is 10.2. The van der Waals surface area contributed by atoms with E-state index in [0.717, 1.165) is 10.6 Å². The third-order valence-corrected chi connectivity index (χ3v) is 4.27. The highest BCUT2D eigenvalue weighted by molar-refractivity contribution is 6.42. The molecule has 0 bridgehead atoms. The zero-order chi connectivity index (χ0) is 18.8. The zero-order valence-corrected chi connectivity index (χ0v) is 14.5. The maximum absolute atomic E-state index is 12.5. The number of hydrogen-bond donors (Lipinski definition) is 1. The Bertz CT molecular complexity index is 1100. The van der Waals surface area contributed by atoms with Gasteiger partial charge in [-0.3, -0.25) is 24.3 Å². The first-order chi connectivity index (χ1) is 12.3. The number of anilines is 1. The largest absolute Gasteiger partial charge is 0.324 e. The lowest BCUT2D eigenvalue weighted by molar-refractivity contribution is -0.384. The van der Waals surface area contributed by atoms with Crippen molar-refractivity contribution in [1.29, 1.82) is 0 Å². The molecule has 0 unspecified atom stereocenters. The average Bonchev–Trinajstić information content (AvgIpc) is 2.60. The summed E-state index contributed by atoms with van der Waals surface area (Å²) in [5.74, 6) is -0.489. The molecule has 2 aromatic carbocycles. The Balaban J connectivity index is 1.86. The summed E-state index contributed by atoms with van der Waals surface area (Å²) in [4.78, 5) is 38.9. The number of nitrogens with one attached hydrogen (secondary N) is 1. The molecular weight excluding hydrogens is 383 g/mol. The number of nitro benzene ring substituents is 1. The second kappa shape index (κ2) is 7.11. The van der Waals surface area contributed by atoms with Gasteiger partial charge in [-0.2, -0.15) is 0 Å². The molecule has 0 saturated heterocycles. The minimum Gasteiger partial charge on any atom is -0.324 e. The summed E-state index contributed by atoms with van der Waals surface area (Å²) >= 11 is 11.7. The molecule has 0 aliphatic rings. The highest BCUT2D eigenvalue weighted by atomic mass is 35.5. The zero-order valence-electron chi connectivity index (χ0n) is 13.0. The van der Waals surface area contributed by atoms with E-state index in [1.165, 1.54) is 30.6 Å². The minimum atomic E-state index is -0.604. The van der Waals surface area contributed by atoms with E-state index in [1.807, 2.05) is 0 Å². The molecule has 0 atom stereocenters. The molecular formula is C16H10Cl2N4O4. The lowest BCUT2D eigenvalue weighted by Crippen LogP contribution is -2.27. The smallest absolute Gasteiger partial charge is 0.270 e. The topological polar surface area (TPSA) is 107 Å². The van der Waals surface area contributed by atoms with Gasteiger partial charge in [-0.15, -0.1) is 0 Å². The Morgan fingerprint density at radius 2 is 1.96 bits per heavy atom. The molecule has 3 aromatic rings. The summed E-state index contributed by atoms with van der Waals surface area (Å²) in [6.45, 7) is -0.315. The molecule has 26 heavy (non-hydrogen) atoms. The summed E-state index contributed by atoms with van der Waals surface area (Å²) in [6, 6.07) is 8.36. The van der Waals surface area contributed by atoms with Crippen LogP contribution in [0, 0.1) is 10.1 Å². The van der Waals surface area contributed by atoms with Gasteiger partial charge >= 0.3 is 0 Å². The normalized spacial score (nSPS) is 10.7. The van der Waals surface area contributed by atoms with Gasteiger partial charge in [0.1, 0.15) is 6.54 Å². The minimum absolute atomic E-state index is 0.0593. The number of aromatic nitrogens is 2. The summed E-state index contributed by atoms with van der Waals surface area (Å²) in [6.07, 6.45) is 1.21. The number of hydrogen-bond acceptors (Lipinski definition) is 5. The predicted molar refractivity (Wildman–Crippen MR) is 97.7 cm³/mol. The lowest BCUT2D eigenvalue weighted by Gasteiger charge is -2.08. The first-order valence-corrected chi connectivity index (χ1v) is 7.99. The van der Waals surface area contributed by atoms with Crippen molar-refractivity contribution in [3.05, 3.63) is 73.2 Å². The van der Waals surface area contributed by atoms with E-state index in [4.69, 9.17) is 23.2 Å². The van der Waals surface area contributed by atoms with Gasteiger partial charge in [-0.25, -0.2) is 4.98 Å². The van der Waals surface area contributed by atoms with Crippen LogP contribution in [0.25, 0.3) is 10.9 Å². The summed E-state index contributed by atoms with van der Waals surface area (Å²) < 4.78 is 1.07. The van der Waals surface area contributed by atoms with Crippen molar-refractivity contribution < 1.29 is 9.72 Å². The van der Waals surface area contributed by atoms with Crippen LogP contribution in [-0.4, -0.2) is 20.4 Å². The van der Waals surface area contributed by atoms with Crippen LogP contribution in [0.5, 0.6) is 0 Å². The molecule has 8 nitrogen and oxygen atoms in total. The molecule has 0 aliphatic heterocycles. The fourth-order valence-electron chi connectivity index (χ4n) is 2.30. The first kappa shape index (κ1) is 17.8. The van der Waals surface area contributed by atoms with E-state index in [2.05, 4.69) is 10.3 Å². The number of fused-ring (bicyclic) bond motifs is 1. The molecule has 10 heteroatoms. The van der Waals surface area contributed by atoms with Crippen molar-refractivity contribution in [2.45, 2.75) is 6.54 Å². The van der Waals surface area contributed by atoms with Crippen molar-refractivity contribution in [2.24, 2.45) is 0 Å². The van der Waals surface area contributed by atoms with E-state index < -0.39 is 16.4 Å². The third kappa shape index (κ3) is 3.66. The van der Waals surface area contributed by atoms with E-state index in [0.29, 0.717) is 16.2 Å². The van der Waals surface area contributed by atoms with Crippen LogP contribution in [0.3, 0.4) is 0 Å². The van der Waals surface area contributed by atoms with Crippen LogP contribution in [0.4, 0.5) is 11.4 Å². The molecule has 1 aromatic heterocycles. The molecule has 3 rings (SSSR count). The average molecular weight is 393 g/mol. The molecule has 132 valence electrons. The number of nitro groups is 1. The number of non-ortho nitro benzene ring substituents is 1. The monoisotopic (exact) mass is 392 g/mol. The highest BCUT2D eigenvalue weighted by Crippen LogP contribution is 2.25. The van der Waals surface area contributed by atoms with Gasteiger partial charge in [0.25, 0.3) is 11.2 Å². The maximum atomic E-state index is 12.5. The van der Waals surface area contributed by atoms with Gasteiger partial charge in [0.15, 0.2) is 0 Å². The van der Waals surface area contributed by atoms with E-state index in [-0.39, 0.29) is 22.6 Å². The van der Waals surface area contributed by atoms with Gasteiger partial charge in [-0.1, -0.05) is 23.2 Å². The quantitative estimate of drug-likeness (QED) is 0.541. The second-order valence-electron chi connectivity index (χ2n) is 5.31. The van der Waals surface area contributed by atoms with Crippen molar-refractivity contribution in [3.63, 3.8) is 0 Å². The van der Waals surface area contributed by atoms with Crippen LogP contribution in [-0.2, 0) is 11.3 Å². The SMILES string of the molecule is O=C(Cn1cnc2ccc([N+](=O)[O-])cc2c1=O)Nc1ccc(Cl)c(Cl)c1. The maximum Gasteiger partial charge on any atom is 0.270 e. The van der Waals surface area contributed by atoms with Crippen LogP contribution < -0.4 is 10.9 Å². The Hall–Kier alpha value is -2.97. The van der Waals surface area contributed by atoms with Crippen LogP contribution in [0.15, 0.2) is 47.5 Å². The third-order valence-electron chi connectivity index (χ3n) is 3.54. The fraction of sp³-hybridized carbons (Fsp3) is 0.0625. The van der Waals surface area contributed by atoms with E-state index in [1.54, 1.807) is 6.07 Å². The number of carbonyl (C=O) groups excluding carboxylic acids is 1. The Labute approximate surface area is 156 Å². The second-order valence-corrected chi connectivity index (χ2v) is 6.13. The molecule has 1 N–H and O–H groups in total. The Kier molecular flexibility index (Phi) is 4.88. The van der Waals surface area contributed by atoms with Gasteiger partial charge in [0.2, 0.25) is 5.91 Å². The molecule has 1 amide bonds. The number of rotatable bonds is 4. The van der Waals surface area contributed by atoms with Crippen LogP contribution in [0.2, 0.25) is 10.0 Å². The number of amides is 1. The van der Waals surface area contributed by atoms with E-state index in [9.17, 15) is 19.7 Å². The highest BCUT2D eigenvalue weighted by Gasteiger charge is 2.13. The summed E-state index contributed by atoms with van der Waals surface area (Å²) in [7, 11) is 0. The fourth-order valence-corrected chi connectivity index (χ4v) is 2.60. The summed E-state index contributed by atoms with van der Waals surface area (Å²) in [5, 5.41) is 14.1. The number of carbonyl (C=O) groups is 1. The van der Waals surface area contributed by atoms with Gasteiger partial charge in [0.05, 0.1) is 32.2 Å². The molecule has 0 aliphatic carbocycles. The van der Waals surface area contributed by atoms with Gasteiger partial charge in [0, 0.05) is 17.8 Å². The molecule has 0 spiro atoms. The molecule has 0 fully saturated rings. The molecule has 0 saturated carbocycles.